The first-order valence-corrected chi connectivity index (χ1v) is 9.65. The summed E-state index contributed by atoms with van der Waals surface area (Å²) in [6, 6.07) is 11.2. The van der Waals surface area contributed by atoms with Gasteiger partial charge in [-0.3, -0.25) is 4.90 Å². The third kappa shape index (κ3) is 2.96. The molecule has 132 valence electrons. The van der Waals surface area contributed by atoms with Gasteiger partial charge < -0.3 is 0 Å². The van der Waals surface area contributed by atoms with Gasteiger partial charge >= 0.3 is 0 Å². The van der Waals surface area contributed by atoms with Crippen LogP contribution in [0, 0.1) is 11.6 Å². The molecule has 0 bridgehead atoms. The molecule has 25 heavy (non-hydrogen) atoms. The highest BCUT2D eigenvalue weighted by Crippen LogP contribution is 2.28. The Hall–Kier alpha value is -1.83. The lowest BCUT2D eigenvalue weighted by molar-refractivity contribution is 0.0769. The van der Waals surface area contributed by atoms with E-state index in [1.807, 2.05) is 12.1 Å². The van der Waals surface area contributed by atoms with Crippen molar-refractivity contribution < 1.29 is 17.2 Å². The number of fused-ring (bicyclic) bond motifs is 1. The molecule has 2 aliphatic rings. The van der Waals surface area contributed by atoms with Crippen LogP contribution in [0.15, 0.2) is 47.4 Å². The molecule has 2 heterocycles. The van der Waals surface area contributed by atoms with Gasteiger partial charge in [-0.25, -0.2) is 17.2 Å². The molecule has 7 heteroatoms. The lowest BCUT2D eigenvalue weighted by Gasteiger charge is -2.46. The van der Waals surface area contributed by atoms with Gasteiger partial charge in [-0.05, 0) is 35.7 Å². The monoisotopic (exact) mass is 364 g/mol. The maximum absolute atomic E-state index is 13.3. The summed E-state index contributed by atoms with van der Waals surface area (Å²) in [5.74, 6) is -2.20. The largest absolute Gasteiger partial charge is 0.293 e. The number of halogens is 2. The topological polar surface area (TPSA) is 40.6 Å². The molecule has 0 N–H and O–H groups in total. The molecule has 0 aliphatic carbocycles. The minimum atomic E-state index is -3.77. The van der Waals surface area contributed by atoms with Crippen LogP contribution in [0.25, 0.3) is 0 Å². The van der Waals surface area contributed by atoms with Gasteiger partial charge in [-0.1, -0.05) is 24.3 Å². The zero-order valence-electron chi connectivity index (χ0n) is 13.5. The first-order chi connectivity index (χ1) is 11.9. The third-order valence-electron chi connectivity index (χ3n) is 5.03. The van der Waals surface area contributed by atoms with Crippen LogP contribution in [-0.2, 0) is 23.0 Å². The van der Waals surface area contributed by atoms with Crippen molar-refractivity contribution in [2.75, 3.05) is 19.6 Å². The highest BCUT2D eigenvalue weighted by atomic mass is 32.2. The lowest BCUT2D eigenvalue weighted by Crippen LogP contribution is -2.61. The van der Waals surface area contributed by atoms with Crippen molar-refractivity contribution in [2.24, 2.45) is 0 Å². The Morgan fingerprint density at radius 1 is 0.960 bits per heavy atom. The Labute approximate surface area is 145 Å². The molecule has 0 amide bonds. The molecule has 0 atom stereocenters. The fraction of sp³-hybridized carbons (Fsp3) is 0.333. The van der Waals surface area contributed by atoms with Crippen LogP contribution in [0.1, 0.15) is 11.1 Å². The van der Waals surface area contributed by atoms with Crippen molar-refractivity contribution in [3.05, 3.63) is 65.2 Å². The van der Waals surface area contributed by atoms with Gasteiger partial charge in [0.15, 0.2) is 11.6 Å². The van der Waals surface area contributed by atoms with Crippen molar-refractivity contribution in [2.45, 2.75) is 23.9 Å². The van der Waals surface area contributed by atoms with Gasteiger partial charge in [0, 0.05) is 32.2 Å². The van der Waals surface area contributed by atoms with E-state index in [1.165, 1.54) is 15.4 Å². The zero-order chi connectivity index (χ0) is 17.6. The number of hydrogen-bond donors (Lipinski definition) is 0. The summed E-state index contributed by atoms with van der Waals surface area (Å²) < 4.78 is 52.7. The van der Waals surface area contributed by atoms with Gasteiger partial charge in [-0.15, -0.1) is 0 Å². The predicted octanol–water partition coefficient (Wildman–Crippen LogP) is 2.40. The van der Waals surface area contributed by atoms with E-state index in [2.05, 4.69) is 17.0 Å². The second-order valence-electron chi connectivity index (χ2n) is 6.54. The number of benzene rings is 2. The van der Waals surface area contributed by atoms with Gasteiger partial charge in [0.25, 0.3) is 0 Å². The molecular weight excluding hydrogens is 346 g/mol. The van der Waals surface area contributed by atoms with Crippen molar-refractivity contribution in [1.29, 1.82) is 0 Å². The average molecular weight is 364 g/mol. The van der Waals surface area contributed by atoms with Gasteiger partial charge in [-0.2, -0.15) is 4.31 Å². The lowest BCUT2D eigenvalue weighted by atomic mass is 9.97. The number of hydrogen-bond acceptors (Lipinski definition) is 3. The molecule has 0 unspecified atom stereocenters. The molecule has 0 saturated carbocycles. The molecule has 0 aromatic heterocycles. The molecule has 4 rings (SSSR count). The molecule has 2 aromatic rings. The summed E-state index contributed by atoms with van der Waals surface area (Å²) in [7, 11) is -3.77. The number of rotatable bonds is 3. The van der Waals surface area contributed by atoms with Crippen LogP contribution in [0.5, 0.6) is 0 Å². The van der Waals surface area contributed by atoms with E-state index in [0.29, 0.717) is 13.1 Å². The highest BCUT2D eigenvalue weighted by Gasteiger charge is 2.40. The average Bonchev–Trinajstić information content (AvgIpc) is 2.55. The Morgan fingerprint density at radius 2 is 1.68 bits per heavy atom. The molecule has 1 saturated heterocycles. The summed E-state index contributed by atoms with van der Waals surface area (Å²) in [6.07, 6.45) is 0.961. The molecule has 1 fully saturated rings. The van der Waals surface area contributed by atoms with E-state index in [9.17, 15) is 17.2 Å². The Morgan fingerprint density at radius 3 is 2.40 bits per heavy atom. The predicted molar refractivity (Wildman–Crippen MR) is 89.5 cm³/mol. The smallest absolute Gasteiger partial charge is 0.243 e. The van der Waals surface area contributed by atoms with E-state index in [0.717, 1.165) is 37.7 Å². The minimum Gasteiger partial charge on any atom is -0.293 e. The second-order valence-corrected chi connectivity index (χ2v) is 8.48. The summed E-state index contributed by atoms with van der Waals surface area (Å²) in [4.78, 5) is 2.09. The Kier molecular flexibility index (Phi) is 4.10. The van der Waals surface area contributed by atoms with Crippen molar-refractivity contribution >= 4 is 10.0 Å². The minimum absolute atomic E-state index is 0.161. The van der Waals surface area contributed by atoms with E-state index in [1.54, 1.807) is 0 Å². The normalized spacial score (nSPS) is 19.4. The first kappa shape index (κ1) is 16.6. The van der Waals surface area contributed by atoms with Crippen LogP contribution < -0.4 is 0 Å². The van der Waals surface area contributed by atoms with Gasteiger partial charge in [0.05, 0.1) is 4.90 Å². The third-order valence-corrected chi connectivity index (χ3v) is 6.86. The fourth-order valence-electron chi connectivity index (χ4n) is 3.46. The van der Waals surface area contributed by atoms with Crippen LogP contribution in [0.2, 0.25) is 0 Å². The number of sulfonamides is 1. The molecular formula is C18H18F2N2O2S. The van der Waals surface area contributed by atoms with Crippen LogP contribution in [-0.4, -0.2) is 43.3 Å². The van der Waals surface area contributed by atoms with E-state index < -0.39 is 21.7 Å². The van der Waals surface area contributed by atoms with Crippen LogP contribution >= 0.6 is 0 Å². The molecule has 2 aromatic carbocycles. The molecule has 0 spiro atoms. The Bertz CT molecular complexity index is 911. The van der Waals surface area contributed by atoms with Crippen molar-refractivity contribution in [1.82, 2.24) is 9.21 Å². The maximum atomic E-state index is 13.3. The quantitative estimate of drug-likeness (QED) is 0.840. The molecule has 4 nitrogen and oxygen atoms in total. The summed E-state index contributed by atoms with van der Waals surface area (Å²) in [5, 5.41) is 0. The van der Waals surface area contributed by atoms with Crippen LogP contribution in [0.4, 0.5) is 8.78 Å². The number of nitrogens with zero attached hydrogens (tertiary/aromatic N) is 2. The summed E-state index contributed by atoms with van der Waals surface area (Å²) in [6.45, 7) is 2.48. The van der Waals surface area contributed by atoms with E-state index in [-0.39, 0.29) is 10.9 Å². The summed E-state index contributed by atoms with van der Waals surface area (Å²) in [5.41, 5.74) is 2.64. The van der Waals surface area contributed by atoms with Gasteiger partial charge in [0.2, 0.25) is 10.0 Å². The zero-order valence-corrected chi connectivity index (χ0v) is 14.3. The Balaban J connectivity index is 1.44. The van der Waals surface area contributed by atoms with Crippen molar-refractivity contribution in [3.63, 3.8) is 0 Å². The van der Waals surface area contributed by atoms with Gasteiger partial charge in [0.1, 0.15) is 0 Å². The molecule has 0 radical (unpaired) electrons. The summed E-state index contributed by atoms with van der Waals surface area (Å²) >= 11 is 0. The molecule has 2 aliphatic heterocycles. The standard InChI is InChI=1S/C18H18F2N2O2S/c19-17-6-5-16(9-18(17)20)25(23,24)22-11-15(12-22)21-8-7-13-3-1-2-4-14(13)10-21/h1-6,9,15H,7-8,10-12H2. The first-order valence-electron chi connectivity index (χ1n) is 8.21. The SMILES string of the molecule is O=S(=O)(c1ccc(F)c(F)c1)N1CC(N2CCc3ccccc3C2)C1. The van der Waals surface area contributed by atoms with E-state index in [4.69, 9.17) is 0 Å². The highest BCUT2D eigenvalue weighted by molar-refractivity contribution is 7.89. The van der Waals surface area contributed by atoms with Crippen LogP contribution in [0.3, 0.4) is 0 Å². The van der Waals surface area contributed by atoms with Crippen molar-refractivity contribution in [3.8, 4) is 0 Å². The second kappa shape index (κ2) is 6.16. The fourth-order valence-corrected chi connectivity index (χ4v) is 4.99. The van der Waals surface area contributed by atoms with E-state index >= 15 is 0 Å². The maximum Gasteiger partial charge on any atom is 0.243 e.